The van der Waals surface area contributed by atoms with Gasteiger partial charge in [0.05, 0.1) is 0 Å². The Bertz CT molecular complexity index is 429. The number of carbonyl (C=O) groups is 2. The van der Waals surface area contributed by atoms with Crippen molar-refractivity contribution in [2.45, 2.75) is 0 Å². The highest BCUT2D eigenvalue weighted by molar-refractivity contribution is 5.92. The molecule has 2 N–H and O–H groups in total. The van der Waals surface area contributed by atoms with Gasteiger partial charge in [0.1, 0.15) is 13.2 Å². The summed E-state index contributed by atoms with van der Waals surface area (Å²) in [6.45, 7) is -0.271. The zero-order valence-corrected chi connectivity index (χ0v) is 11.4. The summed E-state index contributed by atoms with van der Waals surface area (Å²) in [6, 6.07) is 7.43. The third-order valence-electron chi connectivity index (χ3n) is 2.41. The number of rotatable bonds is 6. The van der Waals surface area contributed by atoms with E-state index in [1.54, 1.807) is 0 Å². The largest absolute Gasteiger partial charge is 0.378 e. The van der Waals surface area contributed by atoms with E-state index in [4.69, 9.17) is 4.74 Å². The normalized spacial score (nSPS) is 9.84. The fourth-order valence-corrected chi connectivity index (χ4v) is 1.35. The van der Waals surface area contributed by atoms with E-state index < -0.39 is 0 Å². The number of amides is 2. The molecule has 0 atom stereocenters. The predicted octanol–water partition coefficient (Wildman–Crippen LogP) is 0.454. The van der Waals surface area contributed by atoms with Crippen molar-refractivity contribution in [3.8, 4) is 0 Å². The lowest BCUT2D eigenvalue weighted by molar-refractivity contribution is -0.128. The van der Waals surface area contributed by atoms with Crippen LogP contribution in [0.3, 0.4) is 0 Å². The molecule has 0 radical (unpaired) electrons. The molecule has 6 heteroatoms. The molecule has 19 heavy (non-hydrogen) atoms. The quantitative estimate of drug-likeness (QED) is 0.783. The van der Waals surface area contributed by atoms with Crippen LogP contribution in [0.1, 0.15) is 0 Å². The molecule has 0 fully saturated rings. The van der Waals surface area contributed by atoms with E-state index in [9.17, 15) is 9.59 Å². The van der Waals surface area contributed by atoms with Crippen LogP contribution in [-0.2, 0) is 14.3 Å². The zero-order chi connectivity index (χ0) is 14.3. The van der Waals surface area contributed by atoms with Gasteiger partial charge in [0, 0.05) is 32.5 Å². The summed E-state index contributed by atoms with van der Waals surface area (Å²) >= 11 is 0. The third kappa shape index (κ3) is 5.39. The highest BCUT2D eigenvalue weighted by Crippen LogP contribution is 2.15. The fourth-order valence-electron chi connectivity index (χ4n) is 1.35. The number of hydrogen-bond acceptors (Lipinski definition) is 4. The van der Waals surface area contributed by atoms with Gasteiger partial charge in [-0.05, 0) is 24.3 Å². The summed E-state index contributed by atoms with van der Waals surface area (Å²) in [5.41, 5.74) is 1.74. The second-order valence-electron chi connectivity index (χ2n) is 4.16. The van der Waals surface area contributed by atoms with Gasteiger partial charge in [-0.25, -0.2) is 0 Å². The molecule has 0 bridgehead atoms. The van der Waals surface area contributed by atoms with Gasteiger partial charge < -0.3 is 20.3 Å². The van der Waals surface area contributed by atoms with Crippen LogP contribution in [0.5, 0.6) is 0 Å². The number of hydrogen-bond donors (Lipinski definition) is 2. The second kappa shape index (κ2) is 7.38. The molecule has 0 saturated carbocycles. The van der Waals surface area contributed by atoms with Crippen LogP contribution in [-0.4, -0.2) is 46.2 Å². The molecule has 0 aliphatic heterocycles. The SMILES string of the molecule is CNC(=O)COCC(=O)Nc1ccc(N(C)C)cc1. The van der Waals surface area contributed by atoms with E-state index in [2.05, 4.69) is 10.6 Å². The van der Waals surface area contributed by atoms with Gasteiger partial charge in [-0.2, -0.15) is 0 Å². The molecule has 0 unspecified atom stereocenters. The molecular weight excluding hydrogens is 246 g/mol. The van der Waals surface area contributed by atoms with Gasteiger partial charge in [0.2, 0.25) is 11.8 Å². The Hall–Kier alpha value is -2.08. The Balaban J connectivity index is 2.38. The van der Waals surface area contributed by atoms with Gasteiger partial charge in [-0.3, -0.25) is 9.59 Å². The van der Waals surface area contributed by atoms with Crippen LogP contribution in [0.4, 0.5) is 11.4 Å². The highest BCUT2D eigenvalue weighted by atomic mass is 16.5. The topological polar surface area (TPSA) is 70.7 Å². The standard InChI is InChI=1S/C13H19N3O3/c1-14-12(17)8-19-9-13(18)15-10-4-6-11(7-5-10)16(2)3/h4-7H,8-9H2,1-3H3,(H,14,17)(H,15,18). The summed E-state index contributed by atoms with van der Waals surface area (Å²) in [7, 11) is 5.40. The van der Waals surface area contributed by atoms with Crippen molar-refractivity contribution in [3.05, 3.63) is 24.3 Å². The van der Waals surface area contributed by atoms with Crippen LogP contribution >= 0.6 is 0 Å². The van der Waals surface area contributed by atoms with Crippen molar-refractivity contribution in [3.63, 3.8) is 0 Å². The smallest absolute Gasteiger partial charge is 0.250 e. The van der Waals surface area contributed by atoms with E-state index in [-0.39, 0.29) is 25.0 Å². The monoisotopic (exact) mass is 265 g/mol. The Kier molecular flexibility index (Phi) is 5.81. The molecule has 0 heterocycles. The van der Waals surface area contributed by atoms with Crippen molar-refractivity contribution in [1.82, 2.24) is 5.32 Å². The summed E-state index contributed by atoms with van der Waals surface area (Å²) < 4.78 is 4.95. The first-order valence-electron chi connectivity index (χ1n) is 5.88. The zero-order valence-electron chi connectivity index (χ0n) is 11.4. The Labute approximate surface area is 112 Å². The maximum Gasteiger partial charge on any atom is 0.250 e. The van der Waals surface area contributed by atoms with Crippen LogP contribution < -0.4 is 15.5 Å². The summed E-state index contributed by atoms with van der Waals surface area (Å²) in [6.07, 6.45) is 0. The number of benzene rings is 1. The summed E-state index contributed by atoms with van der Waals surface area (Å²) in [5, 5.41) is 5.09. The average Bonchev–Trinajstić information content (AvgIpc) is 2.39. The first kappa shape index (κ1) is 15.0. The maximum absolute atomic E-state index is 11.5. The van der Waals surface area contributed by atoms with Gasteiger partial charge in [-0.1, -0.05) is 0 Å². The lowest BCUT2D eigenvalue weighted by Gasteiger charge is -2.13. The molecule has 6 nitrogen and oxygen atoms in total. The van der Waals surface area contributed by atoms with Gasteiger partial charge >= 0.3 is 0 Å². The second-order valence-corrected chi connectivity index (χ2v) is 4.16. The molecule has 1 aromatic rings. The molecule has 104 valence electrons. The fraction of sp³-hybridized carbons (Fsp3) is 0.385. The number of ether oxygens (including phenoxy) is 1. The lowest BCUT2D eigenvalue weighted by Crippen LogP contribution is -2.26. The van der Waals surface area contributed by atoms with E-state index >= 15 is 0 Å². The number of nitrogens with zero attached hydrogens (tertiary/aromatic N) is 1. The molecule has 1 rings (SSSR count). The summed E-state index contributed by atoms with van der Waals surface area (Å²) in [5.74, 6) is -0.551. The third-order valence-corrected chi connectivity index (χ3v) is 2.41. The minimum absolute atomic E-state index is 0.122. The molecule has 0 aliphatic carbocycles. The van der Waals surface area contributed by atoms with E-state index in [0.717, 1.165) is 5.69 Å². The molecule has 0 saturated heterocycles. The van der Waals surface area contributed by atoms with Crippen molar-refractivity contribution < 1.29 is 14.3 Å². The first-order valence-corrected chi connectivity index (χ1v) is 5.88. The maximum atomic E-state index is 11.5. The van der Waals surface area contributed by atoms with Crippen molar-refractivity contribution in [2.24, 2.45) is 0 Å². The van der Waals surface area contributed by atoms with E-state index in [1.807, 2.05) is 43.3 Å². The predicted molar refractivity (Wildman–Crippen MR) is 74.3 cm³/mol. The van der Waals surface area contributed by atoms with Gasteiger partial charge in [0.25, 0.3) is 0 Å². The van der Waals surface area contributed by atoms with Crippen LogP contribution in [0, 0.1) is 0 Å². The lowest BCUT2D eigenvalue weighted by atomic mass is 10.2. The number of nitrogens with one attached hydrogen (secondary N) is 2. The van der Waals surface area contributed by atoms with Crippen LogP contribution in [0.25, 0.3) is 0 Å². The van der Waals surface area contributed by atoms with Crippen molar-refractivity contribution in [2.75, 3.05) is 44.6 Å². The van der Waals surface area contributed by atoms with Gasteiger partial charge in [0.15, 0.2) is 0 Å². The number of anilines is 2. The Morgan fingerprint density at radius 3 is 2.21 bits per heavy atom. The van der Waals surface area contributed by atoms with E-state index in [1.165, 1.54) is 7.05 Å². The molecule has 0 spiro atoms. The average molecular weight is 265 g/mol. The molecule has 2 amide bonds. The van der Waals surface area contributed by atoms with Gasteiger partial charge in [-0.15, -0.1) is 0 Å². The summed E-state index contributed by atoms with van der Waals surface area (Å²) in [4.78, 5) is 24.4. The molecular formula is C13H19N3O3. The highest BCUT2D eigenvalue weighted by Gasteiger charge is 2.05. The van der Waals surface area contributed by atoms with Crippen LogP contribution in [0.2, 0.25) is 0 Å². The first-order chi connectivity index (χ1) is 9.02. The van der Waals surface area contributed by atoms with E-state index in [0.29, 0.717) is 5.69 Å². The molecule has 1 aromatic carbocycles. The molecule has 0 aromatic heterocycles. The van der Waals surface area contributed by atoms with Crippen molar-refractivity contribution >= 4 is 23.2 Å². The van der Waals surface area contributed by atoms with Crippen LogP contribution in [0.15, 0.2) is 24.3 Å². The Morgan fingerprint density at radius 2 is 1.68 bits per heavy atom. The number of carbonyl (C=O) groups excluding carboxylic acids is 2. The Morgan fingerprint density at radius 1 is 1.11 bits per heavy atom. The molecule has 0 aliphatic rings. The minimum atomic E-state index is -0.290. The van der Waals surface area contributed by atoms with Crippen molar-refractivity contribution in [1.29, 1.82) is 0 Å². The number of likely N-dealkylation sites (N-methyl/N-ethyl adjacent to an activating group) is 1. The minimum Gasteiger partial charge on any atom is -0.378 e.